The van der Waals surface area contributed by atoms with Crippen LogP contribution in [0.4, 0.5) is 0 Å². The minimum Gasteiger partial charge on any atom is -0.480 e. The van der Waals surface area contributed by atoms with Crippen LogP contribution in [0.25, 0.3) is 0 Å². The second-order valence-corrected chi connectivity index (χ2v) is 6.68. The Balaban J connectivity index is 3.28. The Hall–Kier alpha value is -1.36. The summed E-state index contributed by atoms with van der Waals surface area (Å²) in [4.78, 5) is 22.2. The standard InChI is InChI=1S/C20H38N2O3/c1-2-3-4-5-6-7-8-9-10-11-12-16-19(23)22-17-14-13-15-18(21)20(24)25/h3-4,18H,2,5-17,21H2,1H3,(H,22,23)(H,24,25)/b4-3+/t18-/m0/s1. The van der Waals surface area contributed by atoms with Gasteiger partial charge in [0.2, 0.25) is 5.91 Å². The van der Waals surface area contributed by atoms with Crippen molar-refractivity contribution < 1.29 is 14.7 Å². The van der Waals surface area contributed by atoms with Gasteiger partial charge in [-0.15, -0.1) is 0 Å². The van der Waals surface area contributed by atoms with Gasteiger partial charge >= 0.3 is 5.97 Å². The molecule has 0 aliphatic rings. The van der Waals surface area contributed by atoms with Crippen molar-refractivity contribution in [1.82, 2.24) is 5.32 Å². The molecule has 1 amide bonds. The van der Waals surface area contributed by atoms with Gasteiger partial charge in [0.1, 0.15) is 6.04 Å². The van der Waals surface area contributed by atoms with Crippen molar-refractivity contribution in [2.45, 2.75) is 96.4 Å². The third-order valence-corrected chi connectivity index (χ3v) is 4.26. The Morgan fingerprint density at radius 1 is 0.960 bits per heavy atom. The number of rotatable bonds is 17. The molecule has 0 aliphatic heterocycles. The van der Waals surface area contributed by atoms with Crippen LogP contribution in [0.2, 0.25) is 0 Å². The molecular weight excluding hydrogens is 316 g/mol. The number of carbonyl (C=O) groups is 2. The predicted octanol–water partition coefficient (Wildman–Crippen LogP) is 4.16. The molecule has 0 saturated carbocycles. The molecule has 1 atom stereocenters. The Kier molecular flexibility index (Phi) is 16.5. The lowest BCUT2D eigenvalue weighted by Crippen LogP contribution is -2.30. The van der Waals surface area contributed by atoms with Gasteiger partial charge in [-0.3, -0.25) is 9.59 Å². The minimum atomic E-state index is -0.961. The first-order valence-corrected chi connectivity index (χ1v) is 9.98. The smallest absolute Gasteiger partial charge is 0.320 e. The van der Waals surface area contributed by atoms with Crippen molar-refractivity contribution in [2.75, 3.05) is 6.54 Å². The summed E-state index contributed by atoms with van der Waals surface area (Å²) in [5, 5.41) is 11.5. The molecule has 0 aliphatic carbocycles. The highest BCUT2D eigenvalue weighted by molar-refractivity contribution is 5.75. The fraction of sp³-hybridized carbons (Fsp3) is 0.800. The number of allylic oxidation sites excluding steroid dienone is 2. The van der Waals surface area contributed by atoms with Crippen LogP contribution < -0.4 is 11.1 Å². The molecule has 0 aromatic carbocycles. The van der Waals surface area contributed by atoms with Gasteiger partial charge in [0.15, 0.2) is 0 Å². The van der Waals surface area contributed by atoms with Crippen LogP contribution in [-0.4, -0.2) is 29.6 Å². The number of amides is 1. The number of unbranched alkanes of at least 4 members (excludes halogenated alkanes) is 8. The molecule has 0 bridgehead atoms. The number of carboxylic acid groups (broad SMARTS) is 1. The van der Waals surface area contributed by atoms with Crippen LogP contribution in [0.3, 0.4) is 0 Å². The second-order valence-electron chi connectivity index (χ2n) is 6.68. The summed E-state index contributed by atoms with van der Waals surface area (Å²) in [5.74, 6) is -0.859. The fourth-order valence-corrected chi connectivity index (χ4v) is 2.65. The van der Waals surface area contributed by atoms with E-state index in [0.29, 0.717) is 19.4 Å². The fourth-order valence-electron chi connectivity index (χ4n) is 2.65. The molecule has 0 aromatic heterocycles. The average Bonchev–Trinajstić information content (AvgIpc) is 2.59. The zero-order valence-corrected chi connectivity index (χ0v) is 16.0. The van der Waals surface area contributed by atoms with Crippen LogP contribution >= 0.6 is 0 Å². The molecule has 5 nitrogen and oxygen atoms in total. The summed E-state index contributed by atoms with van der Waals surface area (Å²) in [7, 11) is 0. The van der Waals surface area contributed by atoms with E-state index in [9.17, 15) is 9.59 Å². The van der Waals surface area contributed by atoms with E-state index in [-0.39, 0.29) is 5.91 Å². The monoisotopic (exact) mass is 354 g/mol. The average molecular weight is 355 g/mol. The molecule has 4 N–H and O–H groups in total. The maximum absolute atomic E-state index is 11.7. The molecule has 0 spiro atoms. The molecule has 5 heteroatoms. The van der Waals surface area contributed by atoms with Gasteiger partial charge in [0.05, 0.1) is 0 Å². The molecule has 0 heterocycles. The zero-order valence-electron chi connectivity index (χ0n) is 16.0. The molecule has 146 valence electrons. The molecular formula is C20H38N2O3. The van der Waals surface area contributed by atoms with E-state index in [4.69, 9.17) is 10.8 Å². The van der Waals surface area contributed by atoms with Crippen LogP contribution in [0.5, 0.6) is 0 Å². The maximum Gasteiger partial charge on any atom is 0.320 e. The largest absolute Gasteiger partial charge is 0.480 e. The van der Waals surface area contributed by atoms with E-state index in [1.54, 1.807) is 0 Å². The van der Waals surface area contributed by atoms with Crippen LogP contribution in [0, 0.1) is 0 Å². The number of carboxylic acids is 1. The first-order valence-electron chi connectivity index (χ1n) is 9.98. The Morgan fingerprint density at radius 2 is 1.60 bits per heavy atom. The van der Waals surface area contributed by atoms with E-state index in [2.05, 4.69) is 24.4 Å². The predicted molar refractivity (Wildman–Crippen MR) is 103 cm³/mol. The summed E-state index contributed by atoms with van der Waals surface area (Å²) in [6.45, 7) is 2.77. The first kappa shape index (κ1) is 23.6. The van der Waals surface area contributed by atoms with Crippen molar-refractivity contribution in [2.24, 2.45) is 5.73 Å². The number of carbonyl (C=O) groups excluding carboxylic acids is 1. The van der Waals surface area contributed by atoms with Gasteiger partial charge < -0.3 is 16.2 Å². The quantitative estimate of drug-likeness (QED) is 0.270. The lowest BCUT2D eigenvalue weighted by atomic mass is 10.1. The first-order chi connectivity index (χ1) is 12.1. The summed E-state index contributed by atoms with van der Waals surface area (Å²) in [6.07, 6.45) is 17.8. The molecule has 0 fully saturated rings. The van der Waals surface area contributed by atoms with E-state index in [1.165, 1.54) is 38.5 Å². The lowest BCUT2D eigenvalue weighted by Gasteiger charge is -2.07. The van der Waals surface area contributed by atoms with Crippen molar-refractivity contribution >= 4 is 11.9 Å². The maximum atomic E-state index is 11.7. The third-order valence-electron chi connectivity index (χ3n) is 4.26. The normalized spacial score (nSPS) is 12.4. The van der Waals surface area contributed by atoms with E-state index >= 15 is 0 Å². The highest BCUT2D eigenvalue weighted by Crippen LogP contribution is 2.10. The summed E-state index contributed by atoms with van der Waals surface area (Å²) >= 11 is 0. The topological polar surface area (TPSA) is 92.4 Å². The minimum absolute atomic E-state index is 0.102. The number of nitrogens with one attached hydrogen (secondary N) is 1. The number of aliphatic carboxylic acids is 1. The number of hydrogen-bond donors (Lipinski definition) is 3. The molecule has 0 saturated heterocycles. The van der Waals surface area contributed by atoms with E-state index in [0.717, 1.165) is 32.1 Å². The Labute approximate surface area is 153 Å². The number of nitrogens with two attached hydrogens (primary N) is 1. The molecule has 0 aromatic rings. The second kappa shape index (κ2) is 17.5. The van der Waals surface area contributed by atoms with Crippen molar-refractivity contribution in [3.8, 4) is 0 Å². The summed E-state index contributed by atoms with van der Waals surface area (Å²) < 4.78 is 0. The third kappa shape index (κ3) is 17.3. The molecule has 25 heavy (non-hydrogen) atoms. The van der Waals surface area contributed by atoms with Gasteiger partial charge in [-0.25, -0.2) is 0 Å². The highest BCUT2D eigenvalue weighted by atomic mass is 16.4. The van der Waals surface area contributed by atoms with Crippen molar-refractivity contribution in [3.05, 3.63) is 12.2 Å². The van der Waals surface area contributed by atoms with Gasteiger partial charge in [-0.1, -0.05) is 51.2 Å². The zero-order chi connectivity index (χ0) is 18.8. The van der Waals surface area contributed by atoms with Crippen molar-refractivity contribution in [3.63, 3.8) is 0 Å². The Bertz CT molecular complexity index is 370. The van der Waals surface area contributed by atoms with Gasteiger partial charge in [-0.2, -0.15) is 0 Å². The summed E-state index contributed by atoms with van der Waals surface area (Å²) in [5.41, 5.74) is 5.42. The number of hydrogen-bond acceptors (Lipinski definition) is 3. The molecule has 0 radical (unpaired) electrons. The SMILES string of the molecule is CC/C=C/CCCCCCCCCC(=O)NCCCC[C@H](N)C(=O)O. The van der Waals surface area contributed by atoms with E-state index in [1.807, 2.05) is 0 Å². The summed E-state index contributed by atoms with van der Waals surface area (Å²) in [6, 6.07) is -0.788. The van der Waals surface area contributed by atoms with Gasteiger partial charge in [-0.05, 0) is 44.9 Å². The van der Waals surface area contributed by atoms with Crippen LogP contribution in [0.15, 0.2) is 12.2 Å². The molecule has 0 unspecified atom stereocenters. The lowest BCUT2D eigenvalue weighted by molar-refractivity contribution is -0.138. The van der Waals surface area contributed by atoms with Crippen molar-refractivity contribution in [1.29, 1.82) is 0 Å². The van der Waals surface area contributed by atoms with Crippen LogP contribution in [0.1, 0.15) is 90.4 Å². The Morgan fingerprint density at radius 3 is 2.24 bits per heavy atom. The highest BCUT2D eigenvalue weighted by Gasteiger charge is 2.10. The van der Waals surface area contributed by atoms with Gasteiger partial charge in [0, 0.05) is 13.0 Å². The van der Waals surface area contributed by atoms with E-state index < -0.39 is 12.0 Å². The molecule has 0 rings (SSSR count). The van der Waals surface area contributed by atoms with Crippen LogP contribution in [-0.2, 0) is 9.59 Å². The van der Waals surface area contributed by atoms with Gasteiger partial charge in [0.25, 0.3) is 0 Å².